The number of hydrogen-bond donors (Lipinski definition) is 2. The summed E-state index contributed by atoms with van der Waals surface area (Å²) in [6, 6.07) is 8.16. The zero-order valence-corrected chi connectivity index (χ0v) is 12.5. The number of amides is 1. The molecule has 0 saturated carbocycles. The first-order valence-corrected chi connectivity index (χ1v) is 7.05. The molecule has 0 aliphatic rings. The number of unbranched alkanes of at least 4 members (excludes halogenated alkanes) is 1. The van der Waals surface area contributed by atoms with Crippen molar-refractivity contribution in [1.29, 1.82) is 0 Å². The fraction of sp³-hybridized carbons (Fsp3) is 0.562. The molecule has 0 spiro atoms. The average Bonchev–Trinajstić information content (AvgIpc) is 2.36. The van der Waals surface area contributed by atoms with Crippen molar-refractivity contribution in [3.8, 4) is 0 Å². The summed E-state index contributed by atoms with van der Waals surface area (Å²) in [5, 5.41) is 6.15. The molecule has 106 valence electrons. The van der Waals surface area contributed by atoms with Gasteiger partial charge in [0.15, 0.2) is 0 Å². The Kier molecular flexibility index (Phi) is 5.87. The van der Waals surface area contributed by atoms with Crippen LogP contribution in [-0.4, -0.2) is 19.0 Å². The smallest absolute Gasteiger partial charge is 0.239 e. The first-order valence-electron chi connectivity index (χ1n) is 7.05. The predicted molar refractivity (Wildman–Crippen MR) is 81.5 cm³/mol. The average molecular weight is 262 g/mol. The zero-order valence-electron chi connectivity index (χ0n) is 12.5. The summed E-state index contributed by atoms with van der Waals surface area (Å²) in [5.74, 6) is 0.0529. The van der Waals surface area contributed by atoms with Crippen molar-refractivity contribution >= 4 is 11.6 Å². The van der Waals surface area contributed by atoms with E-state index in [4.69, 9.17) is 0 Å². The molecular weight excluding hydrogens is 236 g/mol. The molecule has 3 heteroatoms. The van der Waals surface area contributed by atoms with E-state index in [-0.39, 0.29) is 11.3 Å². The molecule has 19 heavy (non-hydrogen) atoms. The van der Waals surface area contributed by atoms with Gasteiger partial charge in [-0.1, -0.05) is 52.3 Å². The van der Waals surface area contributed by atoms with E-state index in [0.29, 0.717) is 6.54 Å². The van der Waals surface area contributed by atoms with E-state index < -0.39 is 0 Å². The molecular formula is C16H26N2O. The van der Waals surface area contributed by atoms with E-state index in [1.807, 2.05) is 18.2 Å². The second kappa shape index (κ2) is 7.17. The van der Waals surface area contributed by atoms with Gasteiger partial charge in [0.05, 0.1) is 6.54 Å². The summed E-state index contributed by atoms with van der Waals surface area (Å²) >= 11 is 0. The monoisotopic (exact) mass is 262 g/mol. The van der Waals surface area contributed by atoms with Crippen molar-refractivity contribution in [1.82, 2.24) is 5.32 Å². The number of para-hydroxylation sites is 1. The highest BCUT2D eigenvalue weighted by molar-refractivity contribution is 5.81. The van der Waals surface area contributed by atoms with E-state index in [1.165, 1.54) is 5.56 Å². The summed E-state index contributed by atoms with van der Waals surface area (Å²) in [6.07, 6.45) is 2.13. The Bertz CT molecular complexity index is 407. The lowest BCUT2D eigenvalue weighted by Crippen LogP contribution is -2.31. The third kappa shape index (κ3) is 5.33. The SMILES string of the molecule is CCCCNC(=O)CNc1ccccc1C(C)(C)C. The van der Waals surface area contributed by atoms with Gasteiger partial charge < -0.3 is 10.6 Å². The number of nitrogens with one attached hydrogen (secondary N) is 2. The van der Waals surface area contributed by atoms with E-state index in [1.54, 1.807) is 0 Å². The molecule has 2 N–H and O–H groups in total. The Morgan fingerprint density at radius 3 is 2.53 bits per heavy atom. The van der Waals surface area contributed by atoms with Crippen LogP contribution in [0.1, 0.15) is 46.1 Å². The van der Waals surface area contributed by atoms with Gasteiger partial charge in [0.2, 0.25) is 5.91 Å². The number of carbonyl (C=O) groups is 1. The Balaban J connectivity index is 2.56. The van der Waals surface area contributed by atoms with Crippen LogP contribution in [0.2, 0.25) is 0 Å². The van der Waals surface area contributed by atoms with Crippen LogP contribution < -0.4 is 10.6 Å². The number of benzene rings is 1. The molecule has 0 heterocycles. The minimum atomic E-state index is 0.0529. The third-order valence-electron chi connectivity index (χ3n) is 3.03. The molecule has 0 aliphatic carbocycles. The van der Waals surface area contributed by atoms with E-state index in [0.717, 1.165) is 25.1 Å². The maximum absolute atomic E-state index is 11.7. The zero-order chi connectivity index (χ0) is 14.3. The molecule has 0 aromatic heterocycles. The number of hydrogen-bond acceptors (Lipinski definition) is 2. The van der Waals surface area contributed by atoms with Gasteiger partial charge in [0.1, 0.15) is 0 Å². The minimum absolute atomic E-state index is 0.0529. The standard InChI is InChI=1S/C16H26N2O/c1-5-6-11-17-15(19)12-18-14-10-8-7-9-13(14)16(2,3)4/h7-10,18H,5-6,11-12H2,1-4H3,(H,17,19). The summed E-state index contributed by atoms with van der Waals surface area (Å²) in [4.78, 5) is 11.7. The summed E-state index contributed by atoms with van der Waals surface area (Å²) < 4.78 is 0. The molecule has 0 bridgehead atoms. The van der Waals surface area contributed by atoms with Crippen LogP contribution in [0.3, 0.4) is 0 Å². The molecule has 1 aromatic rings. The van der Waals surface area contributed by atoms with Crippen LogP contribution in [0.25, 0.3) is 0 Å². The van der Waals surface area contributed by atoms with Crippen LogP contribution in [0, 0.1) is 0 Å². The number of rotatable bonds is 6. The second-order valence-electron chi connectivity index (χ2n) is 5.85. The van der Waals surface area contributed by atoms with E-state index >= 15 is 0 Å². The highest BCUT2D eigenvalue weighted by Gasteiger charge is 2.17. The summed E-state index contributed by atoms with van der Waals surface area (Å²) in [5.41, 5.74) is 2.35. The van der Waals surface area contributed by atoms with Gasteiger partial charge in [0, 0.05) is 12.2 Å². The van der Waals surface area contributed by atoms with Gasteiger partial charge in [-0.25, -0.2) is 0 Å². The summed E-state index contributed by atoms with van der Waals surface area (Å²) in [7, 11) is 0. The summed E-state index contributed by atoms with van der Waals surface area (Å²) in [6.45, 7) is 9.73. The maximum atomic E-state index is 11.7. The first-order chi connectivity index (χ1) is 8.95. The molecule has 1 aromatic carbocycles. The molecule has 0 saturated heterocycles. The predicted octanol–water partition coefficient (Wildman–Crippen LogP) is 3.31. The fourth-order valence-corrected chi connectivity index (χ4v) is 1.93. The quantitative estimate of drug-likeness (QED) is 0.772. The van der Waals surface area contributed by atoms with Gasteiger partial charge in [-0.05, 0) is 23.5 Å². The van der Waals surface area contributed by atoms with E-state index in [9.17, 15) is 4.79 Å². The van der Waals surface area contributed by atoms with Crippen LogP contribution in [0.15, 0.2) is 24.3 Å². The molecule has 0 atom stereocenters. The molecule has 1 amide bonds. The van der Waals surface area contributed by atoms with Crippen molar-refractivity contribution in [2.24, 2.45) is 0 Å². The Labute approximate surface area is 116 Å². The fourth-order valence-electron chi connectivity index (χ4n) is 1.93. The molecule has 0 radical (unpaired) electrons. The van der Waals surface area contributed by atoms with Crippen LogP contribution in [0.5, 0.6) is 0 Å². The molecule has 0 aliphatic heterocycles. The lowest BCUT2D eigenvalue weighted by molar-refractivity contribution is -0.119. The molecule has 0 unspecified atom stereocenters. The minimum Gasteiger partial charge on any atom is -0.376 e. The van der Waals surface area contributed by atoms with Gasteiger partial charge in [-0.2, -0.15) is 0 Å². The van der Waals surface area contributed by atoms with Crippen molar-refractivity contribution < 1.29 is 4.79 Å². The van der Waals surface area contributed by atoms with Crippen LogP contribution in [0.4, 0.5) is 5.69 Å². The Morgan fingerprint density at radius 1 is 1.21 bits per heavy atom. The lowest BCUT2D eigenvalue weighted by atomic mass is 9.86. The second-order valence-corrected chi connectivity index (χ2v) is 5.85. The highest BCUT2D eigenvalue weighted by Crippen LogP contribution is 2.28. The van der Waals surface area contributed by atoms with Crippen molar-refractivity contribution in [2.75, 3.05) is 18.4 Å². The van der Waals surface area contributed by atoms with Crippen LogP contribution in [-0.2, 0) is 10.2 Å². The Hall–Kier alpha value is -1.51. The van der Waals surface area contributed by atoms with Crippen LogP contribution >= 0.6 is 0 Å². The topological polar surface area (TPSA) is 41.1 Å². The molecule has 0 fully saturated rings. The first kappa shape index (κ1) is 15.5. The lowest BCUT2D eigenvalue weighted by Gasteiger charge is -2.23. The molecule has 3 nitrogen and oxygen atoms in total. The Morgan fingerprint density at radius 2 is 1.89 bits per heavy atom. The van der Waals surface area contributed by atoms with Gasteiger partial charge >= 0.3 is 0 Å². The molecule has 1 rings (SSSR count). The number of anilines is 1. The number of carbonyl (C=O) groups excluding carboxylic acids is 1. The van der Waals surface area contributed by atoms with Gasteiger partial charge in [-0.15, -0.1) is 0 Å². The van der Waals surface area contributed by atoms with Crippen molar-refractivity contribution in [3.05, 3.63) is 29.8 Å². The largest absolute Gasteiger partial charge is 0.376 e. The maximum Gasteiger partial charge on any atom is 0.239 e. The van der Waals surface area contributed by atoms with Crippen molar-refractivity contribution in [2.45, 2.75) is 46.0 Å². The van der Waals surface area contributed by atoms with Crippen molar-refractivity contribution in [3.63, 3.8) is 0 Å². The van der Waals surface area contributed by atoms with Gasteiger partial charge in [-0.3, -0.25) is 4.79 Å². The van der Waals surface area contributed by atoms with E-state index in [2.05, 4.69) is 44.4 Å². The normalized spacial score (nSPS) is 11.2. The highest BCUT2D eigenvalue weighted by atomic mass is 16.1. The van der Waals surface area contributed by atoms with Gasteiger partial charge in [0.25, 0.3) is 0 Å². The third-order valence-corrected chi connectivity index (χ3v) is 3.03.